The number of sulfonamides is 1. The maximum Gasteiger partial charge on any atom is 0.240 e. The van der Waals surface area contributed by atoms with E-state index in [1.54, 1.807) is 12.1 Å². The highest BCUT2D eigenvalue weighted by Crippen LogP contribution is 2.24. The van der Waals surface area contributed by atoms with Gasteiger partial charge in [-0.05, 0) is 48.4 Å². The summed E-state index contributed by atoms with van der Waals surface area (Å²) in [7, 11) is -3.54. The molecular formula is C16H25NO3S. The van der Waals surface area contributed by atoms with Crippen molar-refractivity contribution < 1.29 is 13.5 Å². The van der Waals surface area contributed by atoms with Gasteiger partial charge in [-0.25, -0.2) is 13.1 Å². The molecule has 0 saturated heterocycles. The number of nitrogens with one attached hydrogen (secondary N) is 1. The molecule has 5 heteroatoms. The summed E-state index contributed by atoms with van der Waals surface area (Å²) in [6.45, 7) is 4.09. The molecule has 1 aromatic carbocycles. The predicted molar refractivity (Wildman–Crippen MR) is 83.7 cm³/mol. The normalized spacial score (nSPS) is 16.2. The van der Waals surface area contributed by atoms with Crippen LogP contribution in [-0.4, -0.2) is 26.2 Å². The number of benzene rings is 1. The van der Waals surface area contributed by atoms with Crippen LogP contribution in [0.2, 0.25) is 0 Å². The Balaban J connectivity index is 2.05. The van der Waals surface area contributed by atoms with Gasteiger partial charge in [0.1, 0.15) is 0 Å². The minimum absolute atomic E-state index is 0.0752. The lowest BCUT2D eigenvalue weighted by Crippen LogP contribution is -2.36. The molecule has 0 aromatic heterocycles. The largest absolute Gasteiger partial charge is 0.391 e. The van der Waals surface area contributed by atoms with E-state index in [0.717, 1.165) is 37.7 Å². The highest BCUT2D eigenvalue weighted by molar-refractivity contribution is 7.89. The first-order valence-electron chi connectivity index (χ1n) is 7.77. The molecule has 1 aliphatic rings. The van der Waals surface area contributed by atoms with Crippen LogP contribution in [0.25, 0.3) is 0 Å². The molecule has 4 nitrogen and oxygen atoms in total. The second kappa shape index (κ2) is 6.90. The number of hydrogen-bond donors (Lipinski definition) is 2. The standard InChI is InChI=1S/C16H25NO3S/c1-3-12(4-2)16(18)11-17-21(19,20)15-9-8-13-6-5-7-14(13)10-15/h8-10,12,16-18H,3-7,11H2,1-2H3. The van der Waals surface area contributed by atoms with Gasteiger partial charge in [-0.2, -0.15) is 0 Å². The molecule has 0 spiro atoms. The van der Waals surface area contributed by atoms with Crippen LogP contribution in [0.15, 0.2) is 23.1 Å². The second-order valence-electron chi connectivity index (χ2n) is 5.78. The van der Waals surface area contributed by atoms with Crippen molar-refractivity contribution in [1.82, 2.24) is 4.72 Å². The average molecular weight is 311 g/mol. The van der Waals surface area contributed by atoms with Gasteiger partial charge in [-0.15, -0.1) is 0 Å². The summed E-state index contributed by atoms with van der Waals surface area (Å²) in [4.78, 5) is 0.305. The van der Waals surface area contributed by atoms with Crippen molar-refractivity contribution in [1.29, 1.82) is 0 Å². The zero-order chi connectivity index (χ0) is 15.5. The van der Waals surface area contributed by atoms with Crippen LogP contribution < -0.4 is 4.72 Å². The first-order valence-corrected chi connectivity index (χ1v) is 9.25. The predicted octanol–water partition coefficient (Wildman–Crippen LogP) is 2.25. The van der Waals surface area contributed by atoms with Gasteiger partial charge >= 0.3 is 0 Å². The summed E-state index contributed by atoms with van der Waals surface area (Å²) in [6.07, 6.45) is 4.14. The maximum absolute atomic E-state index is 12.3. The third-order valence-electron chi connectivity index (χ3n) is 4.46. The number of hydrogen-bond acceptors (Lipinski definition) is 3. The van der Waals surface area contributed by atoms with Crippen molar-refractivity contribution in [3.63, 3.8) is 0 Å². The van der Waals surface area contributed by atoms with Gasteiger partial charge in [0, 0.05) is 6.54 Å². The Hall–Kier alpha value is -0.910. The molecule has 0 bridgehead atoms. The Morgan fingerprint density at radius 3 is 2.52 bits per heavy atom. The Kier molecular flexibility index (Phi) is 5.41. The molecule has 1 unspecified atom stereocenters. The van der Waals surface area contributed by atoms with E-state index in [-0.39, 0.29) is 12.5 Å². The molecule has 1 aromatic rings. The molecule has 1 atom stereocenters. The SMILES string of the molecule is CCC(CC)C(O)CNS(=O)(=O)c1ccc2c(c1)CCC2. The Bertz CT molecular complexity index is 579. The zero-order valence-corrected chi connectivity index (χ0v) is 13.6. The number of aliphatic hydroxyl groups excluding tert-OH is 1. The van der Waals surface area contributed by atoms with Crippen LogP contribution >= 0.6 is 0 Å². The van der Waals surface area contributed by atoms with Crippen molar-refractivity contribution in [3.05, 3.63) is 29.3 Å². The zero-order valence-electron chi connectivity index (χ0n) is 12.8. The number of fused-ring (bicyclic) bond motifs is 1. The summed E-state index contributed by atoms with van der Waals surface area (Å²) in [5, 5.41) is 10.0. The van der Waals surface area contributed by atoms with Crippen LogP contribution in [-0.2, 0) is 22.9 Å². The molecule has 0 aliphatic heterocycles. The topological polar surface area (TPSA) is 66.4 Å². The summed E-state index contributed by atoms with van der Waals surface area (Å²) >= 11 is 0. The van der Waals surface area contributed by atoms with Gasteiger partial charge in [0.05, 0.1) is 11.0 Å². The summed E-state index contributed by atoms with van der Waals surface area (Å²) in [5.74, 6) is 0.132. The minimum atomic E-state index is -3.54. The van der Waals surface area contributed by atoms with Crippen molar-refractivity contribution in [2.45, 2.75) is 57.0 Å². The van der Waals surface area contributed by atoms with E-state index in [1.807, 2.05) is 19.9 Å². The van der Waals surface area contributed by atoms with E-state index in [1.165, 1.54) is 5.56 Å². The molecule has 0 fully saturated rings. The smallest absolute Gasteiger partial charge is 0.240 e. The third kappa shape index (κ3) is 3.84. The molecule has 1 aliphatic carbocycles. The Morgan fingerprint density at radius 2 is 1.86 bits per heavy atom. The highest BCUT2D eigenvalue weighted by atomic mass is 32.2. The van der Waals surface area contributed by atoms with Crippen molar-refractivity contribution in [2.75, 3.05) is 6.54 Å². The average Bonchev–Trinajstić information content (AvgIpc) is 2.94. The van der Waals surface area contributed by atoms with E-state index in [9.17, 15) is 13.5 Å². The highest BCUT2D eigenvalue weighted by Gasteiger charge is 2.21. The van der Waals surface area contributed by atoms with E-state index >= 15 is 0 Å². The molecule has 0 amide bonds. The lowest BCUT2D eigenvalue weighted by atomic mass is 9.97. The molecule has 2 N–H and O–H groups in total. The first-order chi connectivity index (χ1) is 9.97. The van der Waals surface area contributed by atoms with Gasteiger partial charge in [0.2, 0.25) is 10.0 Å². The molecule has 0 heterocycles. The number of rotatable bonds is 7. The van der Waals surface area contributed by atoms with Crippen LogP contribution in [0.5, 0.6) is 0 Å². The van der Waals surface area contributed by atoms with Crippen molar-refractivity contribution in [3.8, 4) is 0 Å². The Labute approximate surface area is 127 Å². The molecular weight excluding hydrogens is 286 g/mol. The minimum Gasteiger partial charge on any atom is -0.391 e. The van der Waals surface area contributed by atoms with E-state index < -0.39 is 16.1 Å². The molecule has 0 radical (unpaired) electrons. The third-order valence-corrected chi connectivity index (χ3v) is 5.88. The Morgan fingerprint density at radius 1 is 1.19 bits per heavy atom. The van der Waals surface area contributed by atoms with Gasteiger partial charge < -0.3 is 5.11 Å². The molecule has 2 rings (SSSR count). The van der Waals surface area contributed by atoms with E-state index in [0.29, 0.717) is 4.90 Å². The summed E-state index contributed by atoms with van der Waals surface area (Å²) in [6, 6.07) is 5.35. The lowest BCUT2D eigenvalue weighted by Gasteiger charge is -2.20. The number of aliphatic hydroxyl groups is 1. The summed E-state index contributed by atoms with van der Waals surface area (Å²) < 4.78 is 27.2. The van der Waals surface area contributed by atoms with Crippen molar-refractivity contribution in [2.24, 2.45) is 5.92 Å². The summed E-state index contributed by atoms with van der Waals surface area (Å²) in [5.41, 5.74) is 2.39. The molecule has 118 valence electrons. The van der Waals surface area contributed by atoms with Crippen LogP contribution in [0.4, 0.5) is 0 Å². The van der Waals surface area contributed by atoms with Crippen LogP contribution in [0.3, 0.4) is 0 Å². The fraction of sp³-hybridized carbons (Fsp3) is 0.625. The van der Waals surface area contributed by atoms with Gasteiger partial charge in [-0.3, -0.25) is 0 Å². The monoisotopic (exact) mass is 311 g/mol. The van der Waals surface area contributed by atoms with Crippen LogP contribution in [0.1, 0.15) is 44.2 Å². The molecule has 21 heavy (non-hydrogen) atoms. The fourth-order valence-corrected chi connectivity index (χ4v) is 4.09. The lowest BCUT2D eigenvalue weighted by molar-refractivity contribution is 0.107. The van der Waals surface area contributed by atoms with Gasteiger partial charge in [0.15, 0.2) is 0 Å². The maximum atomic E-state index is 12.3. The second-order valence-corrected chi connectivity index (χ2v) is 7.55. The van der Waals surface area contributed by atoms with Gasteiger partial charge in [0.25, 0.3) is 0 Å². The fourth-order valence-electron chi connectivity index (χ4n) is 2.99. The first kappa shape index (κ1) is 16.5. The number of aryl methyl sites for hydroxylation is 2. The quantitative estimate of drug-likeness (QED) is 0.811. The van der Waals surface area contributed by atoms with Crippen molar-refractivity contribution >= 4 is 10.0 Å². The van der Waals surface area contributed by atoms with E-state index in [4.69, 9.17) is 0 Å². The van der Waals surface area contributed by atoms with Gasteiger partial charge in [-0.1, -0.05) is 32.8 Å². The van der Waals surface area contributed by atoms with E-state index in [2.05, 4.69) is 4.72 Å². The molecule has 0 saturated carbocycles. The van der Waals surface area contributed by atoms with Crippen LogP contribution in [0, 0.1) is 5.92 Å².